The van der Waals surface area contributed by atoms with Gasteiger partial charge in [-0.05, 0) is 24.6 Å². The van der Waals surface area contributed by atoms with Crippen LogP contribution in [0.4, 0.5) is 5.69 Å². The van der Waals surface area contributed by atoms with Gasteiger partial charge in [-0.15, -0.1) is 0 Å². The lowest BCUT2D eigenvalue weighted by Gasteiger charge is -2.49. The van der Waals surface area contributed by atoms with Crippen molar-refractivity contribution in [3.63, 3.8) is 0 Å². The molecule has 2 N–H and O–H groups in total. The highest BCUT2D eigenvalue weighted by Gasteiger charge is 2.56. The van der Waals surface area contributed by atoms with Crippen molar-refractivity contribution < 1.29 is 9.84 Å². The molecule has 1 aromatic rings. The third-order valence-corrected chi connectivity index (χ3v) is 5.88. The summed E-state index contributed by atoms with van der Waals surface area (Å²) in [6, 6.07) is 8.56. The van der Waals surface area contributed by atoms with Crippen LogP contribution in [0.15, 0.2) is 59.0 Å². The van der Waals surface area contributed by atoms with Crippen LogP contribution in [-0.2, 0) is 10.2 Å². The molecular formula is C20H24N2O2. The number of ether oxygens (including phenoxy) is 1. The predicted molar refractivity (Wildman–Crippen MR) is 95.6 cm³/mol. The van der Waals surface area contributed by atoms with Gasteiger partial charge in [0.25, 0.3) is 0 Å². The van der Waals surface area contributed by atoms with Crippen LogP contribution in [0.1, 0.15) is 26.3 Å². The molecule has 0 aromatic heterocycles. The van der Waals surface area contributed by atoms with Crippen LogP contribution in [0, 0.1) is 0 Å². The molecule has 0 saturated carbocycles. The normalized spacial score (nSPS) is 27.1. The molecule has 4 heteroatoms. The molecule has 126 valence electrons. The van der Waals surface area contributed by atoms with Crippen molar-refractivity contribution in [3.05, 3.63) is 64.6 Å². The zero-order valence-corrected chi connectivity index (χ0v) is 14.7. The van der Waals surface area contributed by atoms with Crippen molar-refractivity contribution in [2.24, 2.45) is 0 Å². The van der Waals surface area contributed by atoms with Gasteiger partial charge in [0.05, 0.1) is 12.3 Å². The van der Waals surface area contributed by atoms with Crippen molar-refractivity contribution in [1.82, 2.24) is 5.32 Å². The maximum Gasteiger partial charge on any atom is 0.139 e. The Hall–Kier alpha value is -2.20. The number of benzene rings is 1. The molecule has 3 heterocycles. The number of allylic oxidation sites excluding steroid dienone is 2. The van der Waals surface area contributed by atoms with Crippen LogP contribution in [-0.4, -0.2) is 31.0 Å². The fourth-order valence-corrected chi connectivity index (χ4v) is 4.30. The summed E-state index contributed by atoms with van der Waals surface area (Å²) in [5.74, 6) is 0.881. The average molecular weight is 324 g/mol. The first-order valence-corrected chi connectivity index (χ1v) is 8.40. The van der Waals surface area contributed by atoms with Crippen LogP contribution in [0.2, 0.25) is 0 Å². The first kappa shape index (κ1) is 15.3. The lowest BCUT2D eigenvalue weighted by atomic mass is 9.73. The summed E-state index contributed by atoms with van der Waals surface area (Å²) >= 11 is 0. The van der Waals surface area contributed by atoms with E-state index in [4.69, 9.17) is 4.74 Å². The molecule has 3 aliphatic rings. The van der Waals surface area contributed by atoms with Gasteiger partial charge >= 0.3 is 0 Å². The van der Waals surface area contributed by atoms with Gasteiger partial charge in [0.1, 0.15) is 18.0 Å². The first-order chi connectivity index (χ1) is 11.4. The van der Waals surface area contributed by atoms with E-state index in [2.05, 4.69) is 67.5 Å². The van der Waals surface area contributed by atoms with Gasteiger partial charge in [-0.3, -0.25) is 0 Å². The minimum Gasteiger partial charge on any atom is -0.492 e. The number of nitrogens with zero attached hydrogens (tertiary/aromatic N) is 1. The summed E-state index contributed by atoms with van der Waals surface area (Å²) in [5.41, 5.74) is 5.05. The van der Waals surface area contributed by atoms with E-state index in [0.29, 0.717) is 6.61 Å². The second-order valence-electron chi connectivity index (χ2n) is 7.32. The molecule has 0 bridgehead atoms. The Labute approximate surface area is 143 Å². The number of hydrogen-bond acceptors (Lipinski definition) is 4. The number of aliphatic hydroxyl groups excluding tert-OH is 1. The van der Waals surface area contributed by atoms with E-state index in [1.165, 1.54) is 11.3 Å². The fourth-order valence-electron chi connectivity index (χ4n) is 4.30. The largest absolute Gasteiger partial charge is 0.492 e. The monoisotopic (exact) mass is 324 g/mol. The Morgan fingerprint density at radius 2 is 2.04 bits per heavy atom. The van der Waals surface area contributed by atoms with E-state index in [9.17, 15) is 5.11 Å². The summed E-state index contributed by atoms with van der Waals surface area (Å²) in [6.45, 7) is 7.00. The predicted octanol–water partition coefficient (Wildman–Crippen LogP) is 2.82. The molecule has 0 saturated heterocycles. The maximum absolute atomic E-state index is 9.64. The zero-order valence-electron chi connectivity index (χ0n) is 14.7. The second-order valence-corrected chi connectivity index (χ2v) is 7.32. The van der Waals surface area contributed by atoms with Gasteiger partial charge in [0, 0.05) is 29.3 Å². The highest BCUT2D eigenvalue weighted by Crippen LogP contribution is 2.52. The molecule has 4 nitrogen and oxygen atoms in total. The number of para-hydroxylation sites is 1. The third-order valence-electron chi connectivity index (χ3n) is 5.88. The number of rotatable bonds is 1. The maximum atomic E-state index is 9.64. The van der Waals surface area contributed by atoms with E-state index >= 15 is 0 Å². The van der Waals surface area contributed by atoms with Crippen LogP contribution in [0.3, 0.4) is 0 Å². The molecule has 0 radical (unpaired) electrons. The molecule has 0 aliphatic carbocycles. The number of nitrogens with one attached hydrogen (secondary N) is 1. The van der Waals surface area contributed by atoms with E-state index in [1.807, 2.05) is 6.92 Å². The Morgan fingerprint density at radius 1 is 1.29 bits per heavy atom. The number of aliphatic hydroxyl groups is 1. The van der Waals surface area contributed by atoms with E-state index < -0.39 is 0 Å². The van der Waals surface area contributed by atoms with Gasteiger partial charge in [-0.1, -0.05) is 38.1 Å². The molecule has 4 rings (SSSR count). The Morgan fingerprint density at radius 3 is 2.75 bits per heavy atom. The molecule has 1 spiro atoms. The molecule has 0 amide bonds. The SMILES string of the molecule is CC1=C2NC3(C=CC2=C(CO)CO1)N(C)c1ccccc1C3(C)C. The summed E-state index contributed by atoms with van der Waals surface area (Å²) < 4.78 is 5.78. The molecule has 1 atom stereocenters. The summed E-state index contributed by atoms with van der Waals surface area (Å²) in [5, 5.41) is 13.4. The number of likely N-dealkylation sites (N-methyl/N-ethyl adjacent to an activating group) is 1. The van der Waals surface area contributed by atoms with Crippen molar-refractivity contribution in [2.75, 3.05) is 25.2 Å². The molecule has 3 aliphatic heterocycles. The minimum absolute atomic E-state index is 0.0184. The summed E-state index contributed by atoms with van der Waals surface area (Å²) in [4.78, 5) is 2.31. The average Bonchev–Trinajstić information content (AvgIpc) is 2.75. The molecule has 1 aromatic carbocycles. The van der Waals surface area contributed by atoms with Crippen LogP contribution in [0.5, 0.6) is 0 Å². The second kappa shape index (κ2) is 4.90. The fraction of sp³-hybridized carbons (Fsp3) is 0.400. The number of hydrogen-bond donors (Lipinski definition) is 2. The van der Waals surface area contributed by atoms with Crippen molar-refractivity contribution in [3.8, 4) is 0 Å². The Kier molecular flexibility index (Phi) is 3.13. The summed E-state index contributed by atoms with van der Waals surface area (Å²) in [6.07, 6.45) is 4.38. The van der Waals surface area contributed by atoms with Crippen LogP contribution >= 0.6 is 0 Å². The highest BCUT2D eigenvalue weighted by molar-refractivity contribution is 5.69. The molecule has 1 unspecified atom stereocenters. The standard InChI is InChI=1S/C20H24N2O2/c1-13-18-15(14(11-23)12-24-13)9-10-20(21-18)19(2,3)16-7-5-6-8-17(16)22(20)4/h5-10,21,23H,11-12H2,1-4H3. The van der Waals surface area contributed by atoms with Crippen LogP contribution < -0.4 is 10.2 Å². The minimum atomic E-state index is -0.363. The topological polar surface area (TPSA) is 44.7 Å². The van der Waals surface area contributed by atoms with Gasteiger partial charge in [-0.25, -0.2) is 0 Å². The third kappa shape index (κ3) is 1.72. The van der Waals surface area contributed by atoms with Gasteiger partial charge in [0.15, 0.2) is 0 Å². The Balaban J connectivity index is 1.91. The quantitative estimate of drug-likeness (QED) is 0.834. The van der Waals surface area contributed by atoms with E-state index in [-0.39, 0.29) is 17.7 Å². The molecule has 24 heavy (non-hydrogen) atoms. The van der Waals surface area contributed by atoms with Crippen molar-refractivity contribution in [1.29, 1.82) is 0 Å². The van der Waals surface area contributed by atoms with E-state index in [1.54, 1.807) is 0 Å². The smallest absolute Gasteiger partial charge is 0.139 e. The zero-order chi connectivity index (χ0) is 17.1. The number of fused-ring (bicyclic) bond motifs is 2. The Bertz CT molecular complexity index is 804. The van der Waals surface area contributed by atoms with Crippen molar-refractivity contribution >= 4 is 5.69 Å². The van der Waals surface area contributed by atoms with Gasteiger partial charge in [-0.2, -0.15) is 0 Å². The van der Waals surface area contributed by atoms with Gasteiger partial charge < -0.3 is 20.1 Å². The van der Waals surface area contributed by atoms with Crippen LogP contribution in [0.25, 0.3) is 0 Å². The number of anilines is 1. The molecular weight excluding hydrogens is 300 g/mol. The molecule has 0 fully saturated rings. The van der Waals surface area contributed by atoms with E-state index in [0.717, 1.165) is 22.6 Å². The van der Waals surface area contributed by atoms with Crippen molar-refractivity contribution in [2.45, 2.75) is 31.8 Å². The first-order valence-electron chi connectivity index (χ1n) is 8.40. The lowest BCUT2D eigenvalue weighted by molar-refractivity contribution is 0.199. The highest BCUT2D eigenvalue weighted by atomic mass is 16.5. The van der Waals surface area contributed by atoms with Gasteiger partial charge in [0.2, 0.25) is 0 Å². The lowest BCUT2D eigenvalue weighted by Crippen LogP contribution is -2.64. The summed E-state index contributed by atoms with van der Waals surface area (Å²) in [7, 11) is 2.13.